The Morgan fingerprint density at radius 3 is 2.48 bits per heavy atom. The Hall–Kier alpha value is -1.91. The fraction of sp³-hybridized carbons (Fsp3) is 0.235. The minimum absolute atomic E-state index is 0.00244. The zero-order chi connectivity index (χ0) is 16.4. The molecule has 4 nitrogen and oxygen atoms in total. The second kappa shape index (κ2) is 6.69. The maximum atomic E-state index is 12.7. The molecular formula is C17H17Cl2N3O. The molecule has 0 unspecified atom stereocenters. The van der Waals surface area contributed by atoms with Crippen LogP contribution in [0.3, 0.4) is 0 Å². The zero-order valence-corrected chi connectivity index (χ0v) is 14.0. The van der Waals surface area contributed by atoms with Crippen LogP contribution >= 0.6 is 23.2 Å². The van der Waals surface area contributed by atoms with E-state index in [4.69, 9.17) is 28.9 Å². The first-order chi connectivity index (χ1) is 11.0. The Kier molecular flexibility index (Phi) is 4.64. The van der Waals surface area contributed by atoms with Gasteiger partial charge >= 0.3 is 0 Å². The second-order valence-electron chi connectivity index (χ2n) is 5.56. The van der Waals surface area contributed by atoms with Crippen molar-refractivity contribution in [2.45, 2.75) is 12.8 Å². The molecule has 1 amide bonds. The summed E-state index contributed by atoms with van der Waals surface area (Å²) in [5, 5.41) is 4.17. The van der Waals surface area contributed by atoms with E-state index in [1.807, 2.05) is 11.0 Å². The van der Waals surface area contributed by atoms with Crippen molar-refractivity contribution in [3.63, 3.8) is 0 Å². The van der Waals surface area contributed by atoms with Crippen molar-refractivity contribution in [2.24, 2.45) is 0 Å². The van der Waals surface area contributed by atoms with E-state index in [1.165, 1.54) is 0 Å². The Bertz CT molecular complexity index is 743. The molecule has 1 fully saturated rings. The smallest absolute Gasteiger partial charge is 0.256 e. The first-order valence-corrected chi connectivity index (χ1v) is 8.21. The minimum Gasteiger partial charge on any atom is -0.399 e. The van der Waals surface area contributed by atoms with Crippen LogP contribution in [-0.2, 0) is 0 Å². The highest BCUT2D eigenvalue weighted by Crippen LogP contribution is 2.29. The Labute approximate surface area is 145 Å². The molecule has 23 heavy (non-hydrogen) atoms. The molecule has 0 aliphatic carbocycles. The predicted octanol–water partition coefficient (Wildman–Crippen LogP) is 4.56. The molecule has 0 aromatic heterocycles. The van der Waals surface area contributed by atoms with E-state index in [1.54, 1.807) is 30.3 Å². The van der Waals surface area contributed by atoms with E-state index in [0.717, 1.165) is 31.6 Å². The summed E-state index contributed by atoms with van der Waals surface area (Å²) in [4.78, 5) is 14.6. The standard InChI is InChI=1S/C17H17Cl2N3O/c18-14-5-4-12(10-15(14)19)21-16-6-3-11(20)9-13(16)17(23)22-7-1-2-8-22/h3-6,9-10,21H,1-2,7-8,20H2. The molecule has 0 spiro atoms. The van der Waals surface area contributed by atoms with Crippen LogP contribution < -0.4 is 11.1 Å². The summed E-state index contributed by atoms with van der Waals surface area (Å²) in [6.07, 6.45) is 2.09. The van der Waals surface area contributed by atoms with Gasteiger partial charge in [-0.3, -0.25) is 4.79 Å². The number of carbonyl (C=O) groups is 1. The van der Waals surface area contributed by atoms with Gasteiger partial charge in [0.05, 0.1) is 21.3 Å². The van der Waals surface area contributed by atoms with Crippen LogP contribution in [0.1, 0.15) is 23.2 Å². The van der Waals surface area contributed by atoms with Gasteiger partial charge in [-0.15, -0.1) is 0 Å². The van der Waals surface area contributed by atoms with Gasteiger partial charge in [-0.05, 0) is 49.2 Å². The summed E-state index contributed by atoms with van der Waals surface area (Å²) >= 11 is 12.0. The minimum atomic E-state index is -0.00244. The first-order valence-electron chi connectivity index (χ1n) is 7.45. The molecular weight excluding hydrogens is 333 g/mol. The van der Waals surface area contributed by atoms with Gasteiger partial charge in [0.15, 0.2) is 0 Å². The van der Waals surface area contributed by atoms with Crippen molar-refractivity contribution < 1.29 is 4.79 Å². The highest BCUT2D eigenvalue weighted by molar-refractivity contribution is 6.42. The van der Waals surface area contributed by atoms with Gasteiger partial charge in [-0.2, -0.15) is 0 Å². The summed E-state index contributed by atoms with van der Waals surface area (Å²) in [5.74, 6) is -0.00244. The van der Waals surface area contributed by atoms with Crippen molar-refractivity contribution in [2.75, 3.05) is 24.1 Å². The number of anilines is 3. The maximum absolute atomic E-state index is 12.7. The van der Waals surface area contributed by atoms with Crippen LogP contribution in [0.4, 0.5) is 17.1 Å². The summed E-state index contributed by atoms with van der Waals surface area (Å²) in [6.45, 7) is 1.58. The van der Waals surface area contributed by atoms with Crippen LogP contribution in [0.2, 0.25) is 10.0 Å². The molecule has 6 heteroatoms. The first kappa shape index (κ1) is 16.0. The average Bonchev–Trinajstić information content (AvgIpc) is 3.06. The number of likely N-dealkylation sites (tertiary alicyclic amines) is 1. The highest BCUT2D eigenvalue weighted by Gasteiger charge is 2.22. The molecule has 0 radical (unpaired) electrons. The van der Waals surface area contributed by atoms with Crippen molar-refractivity contribution in [1.82, 2.24) is 4.90 Å². The molecule has 0 atom stereocenters. The lowest BCUT2D eigenvalue weighted by molar-refractivity contribution is 0.0794. The van der Waals surface area contributed by atoms with Crippen LogP contribution in [0.25, 0.3) is 0 Å². The third kappa shape index (κ3) is 3.54. The molecule has 3 N–H and O–H groups in total. The number of carbonyl (C=O) groups excluding carboxylic acids is 1. The highest BCUT2D eigenvalue weighted by atomic mass is 35.5. The summed E-state index contributed by atoms with van der Waals surface area (Å²) < 4.78 is 0. The molecule has 2 aromatic carbocycles. The van der Waals surface area contributed by atoms with Gasteiger partial charge in [-0.25, -0.2) is 0 Å². The number of benzene rings is 2. The topological polar surface area (TPSA) is 58.4 Å². The lowest BCUT2D eigenvalue weighted by Gasteiger charge is -2.19. The number of nitrogens with one attached hydrogen (secondary N) is 1. The molecule has 1 heterocycles. The van der Waals surface area contributed by atoms with Gasteiger partial charge in [0.2, 0.25) is 0 Å². The Morgan fingerprint density at radius 2 is 1.78 bits per heavy atom. The summed E-state index contributed by atoms with van der Waals surface area (Å²) in [7, 11) is 0. The lowest BCUT2D eigenvalue weighted by atomic mass is 10.1. The van der Waals surface area contributed by atoms with Crippen molar-refractivity contribution in [1.29, 1.82) is 0 Å². The maximum Gasteiger partial charge on any atom is 0.256 e. The van der Waals surface area contributed by atoms with E-state index >= 15 is 0 Å². The Morgan fingerprint density at radius 1 is 1.04 bits per heavy atom. The molecule has 3 rings (SSSR count). The number of rotatable bonds is 3. The van der Waals surface area contributed by atoms with Crippen LogP contribution in [0.5, 0.6) is 0 Å². The normalized spacial score (nSPS) is 14.1. The third-order valence-electron chi connectivity index (χ3n) is 3.87. The molecule has 2 aromatic rings. The largest absolute Gasteiger partial charge is 0.399 e. The van der Waals surface area contributed by atoms with Crippen LogP contribution in [0.15, 0.2) is 36.4 Å². The number of halogens is 2. The molecule has 1 aliphatic heterocycles. The average molecular weight is 350 g/mol. The van der Waals surface area contributed by atoms with Crippen molar-refractivity contribution in [3.05, 3.63) is 52.0 Å². The van der Waals surface area contributed by atoms with Gasteiger partial charge in [0, 0.05) is 24.5 Å². The lowest BCUT2D eigenvalue weighted by Crippen LogP contribution is -2.28. The van der Waals surface area contributed by atoms with E-state index in [2.05, 4.69) is 5.32 Å². The predicted molar refractivity (Wildman–Crippen MR) is 95.7 cm³/mol. The number of hydrogen-bond acceptors (Lipinski definition) is 3. The van der Waals surface area contributed by atoms with Crippen LogP contribution in [0, 0.1) is 0 Å². The second-order valence-corrected chi connectivity index (χ2v) is 6.37. The van der Waals surface area contributed by atoms with Crippen molar-refractivity contribution in [3.8, 4) is 0 Å². The monoisotopic (exact) mass is 349 g/mol. The number of nitrogens with zero attached hydrogens (tertiary/aromatic N) is 1. The fourth-order valence-corrected chi connectivity index (χ4v) is 2.97. The Balaban J connectivity index is 1.92. The summed E-state index contributed by atoms with van der Waals surface area (Å²) in [5.41, 5.74) is 8.46. The quantitative estimate of drug-likeness (QED) is 0.798. The van der Waals surface area contributed by atoms with Crippen LogP contribution in [-0.4, -0.2) is 23.9 Å². The molecule has 120 valence electrons. The molecule has 0 bridgehead atoms. The number of nitrogen functional groups attached to an aromatic ring is 1. The van der Waals surface area contributed by atoms with E-state index in [-0.39, 0.29) is 5.91 Å². The molecule has 0 saturated carbocycles. The van der Waals surface area contributed by atoms with E-state index < -0.39 is 0 Å². The van der Waals surface area contributed by atoms with Gasteiger partial charge in [0.25, 0.3) is 5.91 Å². The number of amides is 1. The van der Waals surface area contributed by atoms with Gasteiger partial charge < -0.3 is 16.0 Å². The molecule has 1 saturated heterocycles. The number of nitrogens with two attached hydrogens (primary N) is 1. The van der Waals surface area contributed by atoms with E-state index in [9.17, 15) is 4.79 Å². The van der Waals surface area contributed by atoms with Gasteiger partial charge in [-0.1, -0.05) is 23.2 Å². The van der Waals surface area contributed by atoms with Gasteiger partial charge in [0.1, 0.15) is 0 Å². The SMILES string of the molecule is Nc1ccc(Nc2ccc(Cl)c(Cl)c2)c(C(=O)N2CCCC2)c1. The van der Waals surface area contributed by atoms with E-state index in [0.29, 0.717) is 27.0 Å². The van der Waals surface area contributed by atoms with Crippen molar-refractivity contribution >= 4 is 46.2 Å². The summed E-state index contributed by atoms with van der Waals surface area (Å²) in [6, 6.07) is 10.5. The fourth-order valence-electron chi connectivity index (χ4n) is 2.67. The number of hydrogen-bond donors (Lipinski definition) is 2. The zero-order valence-electron chi connectivity index (χ0n) is 12.5. The molecule has 1 aliphatic rings. The third-order valence-corrected chi connectivity index (χ3v) is 4.60.